The van der Waals surface area contributed by atoms with Gasteiger partial charge >= 0.3 is 0 Å². The summed E-state index contributed by atoms with van der Waals surface area (Å²) in [5.41, 5.74) is 0. The number of aromatic nitrogens is 3. The van der Waals surface area contributed by atoms with E-state index in [-0.39, 0.29) is 5.16 Å². The van der Waals surface area contributed by atoms with Crippen LogP contribution in [0.5, 0.6) is 0 Å². The Balaban J connectivity index is 2.61. The second-order valence-electron chi connectivity index (χ2n) is 3.20. The summed E-state index contributed by atoms with van der Waals surface area (Å²) in [6.45, 7) is 2.19. The van der Waals surface area contributed by atoms with Gasteiger partial charge in [-0.25, -0.2) is 13.6 Å². The van der Waals surface area contributed by atoms with Crippen LogP contribution in [0.3, 0.4) is 0 Å². The van der Waals surface area contributed by atoms with Gasteiger partial charge in [-0.3, -0.25) is 4.57 Å². The summed E-state index contributed by atoms with van der Waals surface area (Å²) in [6.07, 6.45) is 0. The van der Waals surface area contributed by atoms with Gasteiger partial charge in [0, 0.05) is 6.54 Å². The minimum atomic E-state index is -3.86. The molecule has 2 aromatic rings. The molecule has 0 radical (unpaired) electrons. The number of hydrogen-bond acceptors (Lipinski definition) is 5. The average molecular weight is 293 g/mol. The van der Waals surface area contributed by atoms with Crippen molar-refractivity contribution in [1.82, 2.24) is 14.8 Å². The molecule has 0 fully saturated rings. The molecule has 0 aliphatic rings. The SMILES string of the molecule is CCn1c(-c2ccc(Cl)s2)nnc1S(N)(=O)=O. The van der Waals surface area contributed by atoms with Gasteiger partial charge in [0.25, 0.3) is 15.2 Å². The molecule has 0 aliphatic heterocycles. The van der Waals surface area contributed by atoms with Crippen LogP contribution in [0.4, 0.5) is 0 Å². The lowest BCUT2D eigenvalue weighted by Gasteiger charge is -2.03. The lowest BCUT2D eigenvalue weighted by atomic mass is 10.4. The molecular formula is C8H9ClN4O2S2. The van der Waals surface area contributed by atoms with Crippen molar-refractivity contribution in [3.63, 3.8) is 0 Å². The number of nitrogens with zero attached hydrogens (tertiary/aromatic N) is 3. The molecule has 0 saturated carbocycles. The van der Waals surface area contributed by atoms with Gasteiger partial charge in [-0.15, -0.1) is 21.5 Å². The maximum Gasteiger partial charge on any atom is 0.273 e. The number of sulfonamides is 1. The average Bonchev–Trinajstić information content (AvgIpc) is 2.81. The molecule has 9 heteroatoms. The van der Waals surface area contributed by atoms with Crippen LogP contribution in [0, 0.1) is 0 Å². The number of halogens is 1. The van der Waals surface area contributed by atoms with Crippen LogP contribution >= 0.6 is 22.9 Å². The summed E-state index contributed by atoms with van der Waals surface area (Å²) in [5, 5.41) is 12.3. The number of primary sulfonamides is 1. The van der Waals surface area contributed by atoms with Gasteiger partial charge in [-0.1, -0.05) is 11.6 Å². The Morgan fingerprint density at radius 2 is 2.18 bits per heavy atom. The maximum absolute atomic E-state index is 11.3. The van der Waals surface area contributed by atoms with Crippen LogP contribution in [-0.2, 0) is 16.6 Å². The van der Waals surface area contributed by atoms with E-state index in [9.17, 15) is 8.42 Å². The second-order valence-corrected chi connectivity index (χ2v) is 6.37. The van der Waals surface area contributed by atoms with Gasteiger partial charge < -0.3 is 0 Å². The van der Waals surface area contributed by atoms with E-state index in [0.29, 0.717) is 16.7 Å². The Morgan fingerprint density at radius 1 is 1.47 bits per heavy atom. The zero-order chi connectivity index (χ0) is 12.6. The Morgan fingerprint density at radius 3 is 2.65 bits per heavy atom. The minimum Gasteiger partial charge on any atom is -0.296 e. The molecule has 0 atom stereocenters. The van der Waals surface area contributed by atoms with Gasteiger partial charge in [-0.2, -0.15) is 0 Å². The fourth-order valence-electron chi connectivity index (χ4n) is 1.40. The summed E-state index contributed by atoms with van der Waals surface area (Å²) in [6, 6.07) is 3.48. The highest BCUT2D eigenvalue weighted by Gasteiger charge is 2.21. The minimum absolute atomic E-state index is 0.237. The van der Waals surface area contributed by atoms with E-state index in [1.807, 2.05) is 0 Å². The number of thiophene rings is 1. The zero-order valence-corrected chi connectivity index (χ0v) is 11.2. The summed E-state index contributed by atoms with van der Waals surface area (Å²) in [5.74, 6) is 0.452. The van der Waals surface area contributed by atoms with Crippen molar-refractivity contribution in [3.05, 3.63) is 16.5 Å². The molecule has 2 rings (SSSR count). The van der Waals surface area contributed by atoms with E-state index in [1.165, 1.54) is 15.9 Å². The first-order valence-corrected chi connectivity index (χ1v) is 7.39. The van der Waals surface area contributed by atoms with E-state index in [1.54, 1.807) is 19.1 Å². The summed E-state index contributed by atoms with van der Waals surface area (Å²) in [7, 11) is -3.86. The van der Waals surface area contributed by atoms with E-state index >= 15 is 0 Å². The fraction of sp³-hybridized carbons (Fsp3) is 0.250. The number of rotatable bonds is 3. The van der Waals surface area contributed by atoms with Gasteiger partial charge in [0.1, 0.15) is 0 Å². The third kappa shape index (κ3) is 2.34. The van der Waals surface area contributed by atoms with E-state index in [0.717, 1.165) is 4.88 Å². The van der Waals surface area contributed by atoms with Crippen LogP contribution in [0.25, 0.3) is 10.7 Å². The van der Waals surface area contributed by atoms with Crippen molar-refractivity contribution in [3.8, 4) is 10.7 Å². The molecule has 0 bridgehead atoms. The molecule has 0 amide bonds. The van der Waals surface area contributed by atoms with Crippen LogP contribution in [0.2, 0.25) is 4.34 Å². The fourth-order valence-corrected chi connectivity index (χ4v) is 3.12. The largest absolute Gasteiger partial charge is 0.296 e. The van der Waals surface area contributed by atoms with Gasteiger partial charge in [0.15, 0.2) is 5.82 Å². The molecule has 0 unspecified atom stereocenters. The van der Waals surface area contributed by atoms with E-state index < -0.39 is 10.0 Å². The Kier molecular flexibility index (Phi) is 3.21. The van der Waals surface area contributed by atoms with Crippen molar-refractivity contribution in [2.24, 2.45) is 5.14 Å². The first kappa shape index (κ1) is 12.5. The molecule has 17 heavy (non-hydrogen) atoms. The third-order valence-electron chi connectivity index (χ3n) is 2.08. The maximum atomic E-state index is 11.3. The summed E-state index contributed by atoms with van der Waals surface area (Å²) in [4.78, 5) is 0.749. The molecule has 6 nitrogen and oxygen atoms in total. The van der Waals surface area contributed by atoms with Crippen molar-refractivity contribution < 1.29 is 8.42 Å². The lowest BCUT2D eigenvalue weighted by molar-refractivity contribution is 0.571. The molecule has 2 heterocycles. The molecule has 0 aliphatic carbocycles. The van der Waals surface area contributed by atoms with Crippen molar-refractivity contribution in [1.29, 1.82) is 0 Å². The van der Waals surface area contributed by atoms with E-state index in [2.05, 4.69) is 10.2 Å². The first-order valence-electron chi connectivity index (χ1n) is 4.65. The highest BCUT2D eigenvalue weighted by molar-refractivity contribution is 7.89. The van der Waals surface area contributed by atoms with Gasteiger partial charge in [-0.05, 0) is 19.1 Å². The Hall–Kier alpha value is -0.960. The molecule has 2 aromatic heterocycles. The predicted octanol–water partition coefficient (Wildman–Crippen LogP) is 1.33. The van der Waals surface area contributed by atoms with Crippen molar-refractivity contribution in [2.45, 2.75) is 18.6 Å². The summed E-state index contributed by atoms with van der Waals surface area (Å²) >= 11 is 7.12. The van der Waals surface area contributed by atoms with Gasteiger partial charge in [0.2, 0.25) is 0 Å². The highest BCUT2D eigenvalue weighted by Crippen LogP contribution is 2.30. The molecular weight excluding hydrogens is 284 g/mol. The van der Waals surface area contributed by atoms with Crippen LogP contribution < -0.4 is 5.14 Å². The van der Waals surface area contributed by atoms with Gasteiger partial charge in [0.05, 0.1) is 9.21 Å². The van der Waals surface area contributed by atoms with Crippen LogP contribution in [-0.4, -0.2) is 23.2 Å². The van der Waals surface area contributed by atoms with Crippen LogP contribution in [0.1, 0.15) is 6.92 Å². The standard InChI is InChI=1S/C8H9ClN4O2S2/c1-2-13-7(5-3-4-6(9)16-5)11-12-8(13)17(10,14)15/h3-4H,2H2,1H3,(H2,10,14,15). The first-order chi connectivity index (χ1) is 7.93. The second kappa shape index (κ2) is 4.37. The molecule has 0 aromatic carbocycles. The van der Waals surface area contributed by atoms with E-state index in [4.69, 9.17) is 16.7 Å². The predicted molar refractivity (Wildman–Crippen MR) is 65.4 cm³/mol. The Bertz CT molecular complexity index is 646. The van der Waals surface area contributed by atoms with Crippen molar-refractivity contribution in [2.75, 3.05) is 0 Å². The van der Waals surface area contributed by atoms with Crippen LogP contribution in [0.15, 0.2) is 17.3 Å². The normalized spacial score (nSPS) is 11.9. The smallest absolute Gasteiger partial charge is 0.273 e. The molecule has 2 N–H and O–H groups in total. The third-order valence-corrected chi connectivity index (χ3v) is 4.12. The zero-order valence-electron chi connectivity index (χ0n) is 8.79. The number of nitrogens with two attached hydrogens (primary N) is 1. The molecule has 0 saturated heterocycles. The number of hydrogen-bond donors (Lipinski definition) is 1. The highest BCUT2D eigenvalue weighted by atomic mass is 35.5. The quantitative estimate of drug-likeness (QED) is 0.924. The monoisotopic (exact) mass is 292 g/mol. The summed E-state index contributed by atoms with van der Waals surface area (Å²) < 4.78 is 24.6. The molecule has 0 spiro atoms. The molecule has 92 valence electrons. The lowest BCUT2D eigenvalue weighted by Crippen LogP contribution is -2.18. The van der Waals surface area contributed by atoms with Crippen molar-refractivity contribution >= 4 is 33.0 Å². The topological polar surface area (TPSA) is 90.9 Å². The Labute approximate surface area is 107 Å².